The van der Waals surface area contributed by atoms with Crippen LogP contribution in [0.1, 0.15) is 43.4 Å². The van der Waals surface area contributed by atoms with Crippen molar-refractivity contribution in [3.8, 4) is 6.07 Å². The van der Waals surface area contributed by atoms with E-state index in [4.69, 9.17) is 5.11 Å². The topological polar surface area (TPSA) is 90.9 Å². The maximum Gasteiger partial charge on any atom is 0.305 e. The fourth-order valence-electron chi connectivity index (χ4n) is 2.87. The first kappa shape index (κ1) is 13.4. The predicted octanol–water partition coefficient (Wildman–Crippen LogP) is 1.80. The summed E-state index contributed by atoms with van der Waals surface area (Å²) >= 11 is 0. The van der Waals surface area contributed by atoms with Crippen LogP contribution in [-0.4, -0.2) is 26.4 Å². The highest BCUT2D eigenvalue weighted by molar-refractivity contribution is 5.70. The fraction of sp³-hybridized carbons (Fsp3) is 0.615. The van der Waals surface area contributed by atoms with Crippen LogP contribution in [-0.2, 0) is 11.8 Å². The quantitative estimate of drug-likeness (QED) is 0.863. The summed E-state index contributed by atoms with van der Waals surface area (Å²) in [5, 5.41) is 25.8. The molecule has 1 aromatic heterocycles. The van der Waals surface area contributed by atoms with E-state index in [0.29, 0.717) is 17.1 Å². The molecular formula is C13H18N4O2. The lowest BCUT2D eigenvalue weighted by molar-refractivity contribution is -0.138. The highest BCUT2D eigenvalue weighted by Gasteiger charge is 2.37. The largest absolute Gasteiger partial charge is 0.481 e. The van der Waals surface area contributed by atoms with Gasteiger partial charge in [-0.2, -0.15) is 10.4 Å². The molecule has 0 unspecified atom stereocenters. The molecule has 0 aliphatic heterocycles. The zero-order valence-corrected chi connectivity index (χ0v) is 11.2. The molecule has 2 rings (SSSR count). The van der Waals surface area contributed by atoms with Crippen molar-refractivity contribution in [2.45, 2.75) is 44.6 Å². The molecule has 1 heterocycles. The smallest absolute Gasteiger partial charge is 0.305 e. The van der Waals surface area contributed by atoms with Gasteiger partial charge < -0.3 is 10.4 Å². The van der Waals surface area contributed by atoms with Gasteiger partial charge in [-0.25, -0.2) is 0 Å². The van der Waals surface area contributed by atoms with Crippen LogP contribution in [0.4, 0.5) is 5.82 Å². The average molecular weight is 262 g/mol. The third-order valence-electron chi connectivity index (χ3n) is 3.77. The van der Waals surface area contributed by atoms with E-state index in [2.05, 4.69) is 16.5 Å². The van der Waals surface area contributed by atoms with E-state index in [1.807, 2.05) is 0 Å². The molecule has 1 aliphatic carbocycles. The SMILES string of the molecule is Cc1nn(C)c(NC2(CC(=O)O)CCCC2)c1C#N. The minimum Gasteiger partial charge on any atom is -0.481 e. The van der Waals surface area contributed by atoms with Crippen molar-refractivity contribution in [3.63, 3.8) is 0 Å². The van der Waals surface area contributed by atoms with Gasteiger partial charge in [0.25, 0.3) is 0 Å². The number of hydrogen-bond donors (Lipinski definition) is 2. The van der Waals surface area contributed by atoms with Crippen LogP contribution in [0.2, 0.25) is 0 Å². The molecule has 0 radical (unpaired) electrons. The summed E-state index contributed by atoms with van der Waals surface area (Å²) in [5.41, 5.74) is 0.715. The number of carboxylic acid groups (broad SMARTS) is 1. The van der Waals surface area contributed by atoms with Gasteiger partial charge in [0.1, 0.15) is 17.5 Å². The molecular weight excluding hydrogens is 244 g/mol. The Hall–Kier alpha value is -2.03. The minimum atomic E-state index is -0.813. The summed E-state index contributed by atoms with van der Waals surface area (Å²) in [4.78, 5) is 11.1. The van der Waals surface area contributed by atoms with Crippen LogP contribution in [0.5, 0.6) is 0 Å². The zero-order chi connectivity index (χ0) is 14.0. The van der Waals surface area contributed by atoms with Crippen molar-refractivity contribution in [1.82, 2.24) is 9.78 Å². The van der Waals surface area contributed by atoms with Crippen LogP contribution in [0, 0.1) is 18.3 Å². The van der Waals surface area contributed by atoms with E-state index in [-0.39, 0.29) is 6.42 Å². The number of nitriles is 1. The number of rotatable bonds is 4. The van der Waals surface area contributed by atoms with Crippen molar-refractivity contribution >= 4 is 11.8 Å². The van der Waals surface area contributed by atoms with Crippen molar-refractivity contribution < 1.29 is 9.90 Å². The molecule has 1 saturated carbocycles. The number of aromatic nitrogens is 2. The lowest BCUT2D eigenvalue weighted by Crippen LogP contribution is -2.38. The van der Waals surface area contributed by atoms with Crippen LogP contribution in [0.3, 0.4) is 0 Å². The van der Waals surface area contributed by atoms with Gasteiger partial charge in [0.2, 0.25) is 0 Å². The Balaban J connectivity index is 2.33. The molecule has 1 aromatic rings. The molecule has 0 atom stereocenters. The molecule has 102 valence electrons. The number of aliphatic carboxylic acids is 1. The predicted molar refractivity (Wildman–Crippen MR) is 69.7 cm³/mol. The number of nitrogens with zero attached hydrogens (tertiary/aromatic N) is 3. The first-order valence-corrected chi connectivity index (χ1v) is 6.41. The third-order valence-corrected chi connectivity index (χ3v) is 3.77. The van der Waals surface area contributed by atoms with E-state index in [9.17, 15) is 10.1 Å². The maximum atomic E-state index is 11.1. The Morgan fingerprint density at radius 3 is 2.74 bits per heavy atom. The Morgan fingerprint density at radius 2 is 2.21 bits per heavy atom. The van der Waals surface area contributed by atoms with Crippen LogP contribution >= 0.6 is 0 Å². The van der Waals surface area contributed by atoms with Gasteiger partial charge in [-0.05, 0) is 19.8 Å². The van der Waals surface area contributed by atoms with Crippen molar-refractivity contribution in [2.75, 3.05) is 5.32 Å². The molecule has 0 saturated heterocycles. The highest BCUT2D eigenvalue weighted by Crippen LogP contribution is 2.36. The molecule has 0 amide bonds. The van der Waals surface area contributed by atoms with Crippen LogP contribution in [0.25, 0.3) is 0 Å². The summed E-state index contributed by atoms with van der Waals surface area (Å²) in [6.07, 6.45) is 3.73. The fourth-order valence-corrected chi connectivity index (χ4v) is 2.87. The molecule has 0 spiro atoms. The Bertz CT molecular complexity index is 536. The van der Waals surface area contributed by atoms with Crippen LogP contribution < -0.4 is 5.32 Å². The van der Waals surface area contributed by atoms with Gasteiger partial charge in [-0.3, -0.25) is 9.48 Å². The second-order valence-corrected chi connectivity index (χ2v) is 5.23. The Labute approximate surface area is 112 Å². The summed E-state index contributed by atoms with van der Waals surface area (Å²) < 4.78 is 1.62. The first-order valence-electron chi connectivity index (χ1n) is 6.41. The Kier molecular flexibility index (Phi) is 3.47. The van der Waals surface area contributed by atoms with Gasteiger partial charge in [0.15, 0.2) is 0 Å². The summed E-state index contributed by atoms with van der Waals surface area (Å²) in [6, 6.07) is 2.14. The highest BCUT2D eigenvalue weighted by atomic mass is 16.4. The molecule has 2 N–H and O–H groups in total. The van der Waals surface area contributed by atoms with Gasteiger partial charge in [0, 0.05) is 12.6 Å². The molecule has 6 nitrogen and oxygen atoms in total. The van der Waals surface area contributed by atoms with E-state index >= 15 is 0 Å². The van der Waals surface area contributed by atoms with Gasteiger partial charge in [-0.1, -0.05) is 12.8 Å². The zero-order valence-electron chi connectivity index (χ0n) is 11.2. The second kappa shape index (κ2) is 4.92. The third kappa shape index (κ3) is 2.55. The first-order chi connectivity index (χ1) is 8.97. The number of nitrogens with one attached hydrogen (secondary N) is 1. The van der Waals surface area contributed by atoms with Crippen LogP contribution in [0.15, 0.2) is 0 Å². The summed E-state index contributed by atoms with van der Waals surface area (Å²) in [5.74, 6) is -0.185. The number of carbonyl (C=O) groups is 1. The van der Waals surface area contributed by atoms with E-state index < -0.39 is 11.5 Å². The van der Waals surface area contributed by atoms with Gasteiger partial charge in [0.05, 0.1) is 12.1 Å². The number of anilines is 1. The summed E-state index contributed by atoms with van der Waals surface area (Å²) in [6.45, 7) is 1.78. The van der Waals surface area contributed by atoms with E-state index in [1.165, 1.54) is 0 Å². The Morgan fingerprint density at radius 1 is 1.58 bits per heavy atom. The average Bonchev–Trinajstić information content (AvgIpc) is 2.85. The summed E-state index contributed by atoms with van der Waals surface area (Å²) in [7, 11) is 1.76. The van der Waals surface area contributed by atoms with Crippen molar-refractivity contribution in [1.29, 1.82) is 5.26 Å². The van der Waals surface area contributed by atoms with Crippen molar-refractivity contribution in [3.05, 3.63) is 11.3 Å². The van der Waals surface area contributed by atoms with Gasteiger partial charge in [-0.15, -0.1) is 0 Å². The lowest BCUT2D eigenvalue weighted by Gasteiger charge is -2.29. The van der Waals surface area contributed by atoms with E-state index in [1.54, 1.807) is 18.7 Å². The molecule has 1 fully saturated rings. The molecule has 6 heteroatoms. The number of hydrogen-bond acceptors (Lipinski definition) is 4. The van der Waals surface area contributed by atoms with Gasteiger partial charge >= 0.3 is 5.97 Å². The normalized spacial score (nSPS) is 17.1. The van der Waals surface area contributed by atoms with Crippen molar-refractivity contribution in [2.24, 2.45) is 7.05 Å². The monoisotopic (exact) mass is 262 g/mol. The minimum absolute atomic E-state index is 0.0715. The molecule has 1 aliphatic rings. The molecule has 0 bridgehead atoms. The molecule has 0 aromatic carbocycles. The lowest BCUT2D eigenvalue weighted by atomic mass is 9.93. The number of aryl methyl sites for hydroxylation is 2. The molecule has 19 heavy (non-hydrogen) atoms. The number of carboxylic acids is 1. The van der Waals surface area contributed by atoms with E-state index in [0.717, 1.165) is 25.7 Å². The second-order valence-electron chi connectivity index (χ2n) is 5.23. The maximum absolute atomic E-state index is 11.1. The standard InChI is InChI=1S/C13H18N4O2/c1-9-10(8-14)12(17(2)16-9)15-13(7-11(18)19)5-3-4-6-13/h15H,3-7H2,1-2H3,(H,18,19).